The number of H-pyrrole nitrogens is 1. The standard InChI is InChI=1S/C20H20N4O3S/c1-4-11-28-20-21-18(26)17-14-7-5-6-8-15(14)23(13(3)25)19(24(17)22-20)16-10-9-12(2)27-16/h5-10,19H,4,11H2,1-3H3/p+1. The van der Waals surface area contributed by atoms with Gasteiger partial charge in [-0.2, -0.15) is 0 Å². The van der Waals surface area contributed by atoms with Crippen LogP contribution in [0.2, 0.25) is 0 Å². The van der Waals surface area contributed by atoms with Gasteiger partial charge in [0, 0.05) is 17.8 Å². The van der Waals surface area contributed by atoms with Crippen LogP contribution in [0.5, 0.6) is 0 Å². The van der Waals surface area contributed by atoms with Crippen LogP contribution in [0.15, 0.2) is 50.8 Å². The summed E-state index contributed by atoms with van der Waals surface area (Å²) in [4.78, 5) is 30.2. The zero-order chi connectivity index (χ0) is 19.8. The van der Waals surface area contributed by atoms with Crippen LogP contribution in [-0.4, -0.2) is 21.7 Å². The highest BCUT2D eigenvalue weighted by molar-refractivity contribution is 7.99. The average molecular weight is 397 g/mol. The first-order valence-corrected chi connectivity index (χ1v) is 10.1. The number of nitrogens with one attached hydrogen (secondary N) is 1. The van der Waals surface area contributed by atoms with Crippen molar-refractivity contribution in [2.75, 3.05) is 10.7 Å². The maximum absolute atomic E-state index is 13.0. The zero-order valence-electron chi connectivity index (χ0n) is 15.9. The molecule has 1 N–H and O–H groups in total. The van der Waals surface area contributed by atoms with Gasteiger partial charge < -0.3 is 4.42 Å². The molecule has 1 amide bonds. The Morgan fingerprint density at radius 1 is 1.32 bits per heavy atom. The van der Waals surface area contributed by atoms with Gasteiger partial charge >= 0.3 is 17.4 Å². The van der Waals surface area contributed by atoms with E-state index in [-0.39, 0.29) is 11.5 Å². The Labute approximate surface area is 166 Å². The summed E-state index contributed by atoms with van der Waals surface area (Å²) in [6.07, 6.45) is 0.290. The number of hydrogen-bond donors (Lipinski definition) is 1. The highest BCUT2D eigenvalue weighted by atomic mass is 32.2. The summed E-state index contributed by atoms with van der Waals surface area (Å²) in [6.45, 7) is 5.42. The summed E-state index contributed by atoms with van der Waals surface area (Å²) in [6, 6.07) is 11.0. The number of fused-ring (bicyclic) bond motifs is 3. The maximum Gasteiger partial charge on any atom is 0.325 e. The van der Waals surface area contributed by atoms with Crippen molar-refractivity contribution in [3.8, 4) is 11.3 Å². The Kier molecular flexibility index (Phi) is 4.80. The summed E-state index contributed by atoms with van der Waals surface area (Å²) < 4.78 is 7.47. The molecule has 3 aromatic rings. The Hall–Kier alpha value is -2.87. The van der Waals surface area contributed by atoms with E-state index in [1.807, 2.05) is 43.3 Å². The molecule has 1 aliphatic rings. The molecule has 0 fully saturated rings. The van der Waals surface area contributed by atoms with Gasteiger partial charge in [0.1, 0.15) is 5.76 Å². The molecule has 0 spiro atoms. The Morgan fingerprint density at radius 3 is 2.79 bits per heavy atom. The first-order chi connectivity index (χ1) is 13.5. The maximum atomic E-state index is 13.0. The average Bonchev–Trinajstić information content (AvgIpc) is 3.10. The van der Waals surface area contributed by atoms with E-state index < -0.39 is 6.17 Å². The number of anilines is 1. The van der Waals surface area contributed by atoms with Crippen molar-refractivity contribution >= 4 is 23.4 Å². The minimum Gasteiger partial charge on any atom is -0.457 e. The van der Waals surface area contributed by atoms with Gasteiger partial charge in [0.2, 0.25) is 11.1 Å². The Balaban J connectivity index is 2.02. The molecule has 1 unspecified atom stereocenters. The summed E-state index contributed by atoms with van der Waals surface area (Å²) in [5.41, 5.74) is 1.50. The second-order valence-corrected chi connectivity index (χ2v) is 7.71. The number of carbonyl (C=O) groups excluding carboxylic acids is 1. The van der Waals surface area contributed by atoms with Gasteiger partial charge in [-0.15, -0.1) is 0 Å². The molecule has 0 aliphatic carbocycles. The Morgan fingerprint density at radius 2 is 2.11 bits per heavy atom. The normalized spacial score (nSPS) is 15.2. The lowest BCUT2D eigenvalue weighted by Crippen LogP contribution is -2.60. The summed E-state index contributed by atoms with van der Waals surface area (Å²) in [7, 11) is 0. The minimum atomic E-state index is -0.667. The number of nitrogens with zero attached hydrogens (tertiary/aromatic N) is 3. The lowest BCUT2D eigenvalue weighted by molar-refractivity contribution is -0.764. The number of benzene rings is 1. The van der Waals surface area contributed by atoms with E-state index in [4.69, 9.17) is 4.42 Å². The van der Waals surface area contributed by atoms with E-state index in [1.54, 1.807) is 9.58 Å². The largest absolute Gasteiger partial charge is 0.457 e. The number of thioether (sulfide) groups is 1. The number of carbonyl (C=O) groups is 1. The third kappa shape index (κ3) is 3.03. The van der Waals surface area contributed by atoms with Crippen LogP contribution >= 0.6 is 11.8 Å². The molecule has 1 aliphatic heterocycles. The first-order valence-electron chi connectivity index (χ1n) is 9.15. The number of aryl methyl sites for hydroxylation is 1. The van der Waals surface area contributed by atoms with Gasteiger partial charge in [-0.05, 0) is 42.3 Å². The fourth-order valence-electron chi connectivity index (χ4n) is 3.43. The predicted octanol–water partition coefficient (Wildman–Crippen LogP) is 3.04. The van der Waals surface area contributed by atoms with Crippen LogP contribution in [0.3, 0.4) is 0 Å². The van der Waals surface area contributed by atoms with E-state index >= 15 is 0 Å². The first kappa shape index (κ1) is 18.5. The van der Waals surface area contributed by atoms with E-state index in [2.05, 4.69) is 17.0 Å². The number of aromatic nitrogens is 3. The summed E-state index contributed by atoms with van der Waals surface area (Å²) in [5, 5.41) is 5.20. The van der Waals surface area contributed by atoms with Crippen molar-refractivity contribution in [1.29, 1.82) is 0 Å². The number of hydrogen-bond acceptors (Lipinski definition) is 5. The SMILES string of the molecule is CCCSc1n[n+]2c(c(=O)[nH]1)-c1ccccc1N(C(C)=O)C2c1ccc(C)o1. The summed E-state index contributed by atoms with van der Waals surface area (Å²) in [5.74, 6) is 1.96. The van der Waals surface area contributed by atoms with Gasteiger partial charge in [0.25, 0.3) is 0 Å². The van der Waals surface area contributed by atoms with Crippen molar-refractivity contribution in [2.45, 2.75) is 38.5 Å². The smallest absolute Gasteiger partial charge is 0.325 e. The topological polar surface area (TPSA) is 83.1 Å². The monoisotopic (exact) mass is 397 g/mol. The molecule has 0 bridgehead atoms. The van der Waals surface area contributed by atoms with Gasteiger partial charge in [-0.3, -0.25) is 14.6 Å². The van der Waals surface area contributed by atoms with Crippen LogP contribution < -0.4 is 15.1 Å². The third-order valence-electron chi connectivity index (χ3n) is 4.56. The molecule has 2 aromatic heterocycles. The van der Waals surface area contributed by atoms with Gasteiger partial charge in [-0.1, -0.05) is 30.8 Å². The van der Waals surface area contributed by atoms with Crippen LogP contribution in [0, 0.1) is 6.92 Å². The molecule has 0 saturated heterocycles. The fraction of sp³-hybridized carbons (Fsp3) is 0.300. The molecule has 0 radical (unpaired) electrons. The van der Waals surface area contributed by atoms with Gasteiger partial charge in [0.05, 0.1) is 11.3 Å². The van der Waals surface area contributed by atoms with E-state index in [0.717, 1.165) is 17.9 Å². The molecule has 8 heteroatoms. The molecule has 28 heavy (non-hydrogen) atoms. The number of aromatic amines is 1. The van der Waals surface area contributed by atoms with E-state index in [9.17, 15) is 9.59 Å². The van der Waals surface area contributed by atoms with Crippen LogP contribution in [0.4, 0.5) is 5.69 Å². The quantitative estimate of drug-likeness (QED) is 0.540. The lowest BCUT2D eigenvalue weighted by Gasteiger charge is -2.29. The van der Waals surface area contributed by atoms with Crippen molar-refractivity contribution in [3.63, 3.8) is 0 Å². The predicted molar refractivity (Wildman–Crippen MR) is 106 cm³/mol. The molecular weight excluding hydrogens is 376 g/mol. The number of para-hydroxylation sites is 1. The highest BCUT2D eigenvalue weighted by Gasteiger charge is 2.46. The summed E-state index contributed by atoms with van der Waals surface area (Å²) >= 11 is 1.48. The molecule has 7 nitrogen and oxygen atoms in total. The van der Waals surface area contributed by atoms with Crippen LogP contribution in [0.25, 0.3) is 11.3 Å². The number of furan rings is 1. The number of rotatable bonds is 4. The molecule has 0 saturated carbocycles. The lowest BCUT2D eigenvalue weighted by atomic mass is 10.0. The second-order valence-electron chi connectivity index (χ2n) is 6.63. The molecular formula is C20H21N4O3S+. The minimum absolute atomic E-state index is 0.158. The highest BCUT2D eigenvalue weighted by Crippen LogP contribution is 2.37. The zero-order valence-corrected chi connectivity index (χ0v) is 16.7. The molecule has 4 rings (SSSR count). The third-order valence-corrected chi connectivity index (χ3v) is 5.63. The fourth-order valence-corrected chi connectivity index (χ4v) is 4.13. The van der Waals surface area contributed by atoms with Crippen molar-refractivity contribution in [3.05, 3.63) is 58.3 Å². The van der Waals surface area contributed by atoms with E-state index in [0.29, 0.717) is 27.9 Å². The molecule has 1 atom stereocenters. The van der Waals surface area contributed by atoms with Gasteiger partial charge in [0.15, 0.2) is 5.76 Å². The number of amides is 1. The van der Waals surface area contributed by atoms with Crippen molar-refractivity contribution in [1.82, 2.24) is 10.1 Å². The molecule has 3 heterocycles. The Bertz CT molecular complexity index is 1100. The van der Waals surface area contributed by atoms with E-state index in [1.165, 1.54) is 18.7 Å². The van der Waals surface area contributed by atoms with Crippen molar-refractivity contribution in [2.24, 2.45) is 0 Å². The van der Waals surface area contributed by atoms with Crippen molar-refractivity contribution < 1.29 is 13.9 Å². The molecule has 1 aromatic carbocycles. The van der Waals surface area contributed by atoms with Gasteiger partial charge in [-0.25, -0.2) is 4.90 Å². The van der Waals surface area contributed by atoms with Crippen LogP contribution in [0.1, 0.15) is 38.0 Å². The van der Waals surface area contributed by atoms with Crippen LogP contribution in [-0.2, 0) is 4.79 Å². The molecule has 144 valence electrons. The second kappa shape index (κ2) is 7.27.